The lowest BCUT2D eigenvalue weighted by Gasteiger charge is -2.16. The molecule has 0 saturated heterocycles. The van der Waals surface area contributed by atoms with E-state index in [0.29, 0.717) is 11.3 Å². The molecule has 29 heavy (non-hydrogen) atoms. The van der Waals surface area contributed by atoms with E-state index in [1.54, 1.807) is 32.3 Å². The van der Waals surface area contributed by atoms with Crippen molar-refractivity contribution in [2.45, 2.75) is 26.4 Å². The molecule has 1 N–H and O–H groups in total. The van der Waals surface area contributed by atoms with Crippen LogP contribution in [-0.2, 0) is 7.05 Å². The third-order valence-electron chi connectivity index (χ3n) is 4.75. The van der Waals surface area contributed by atoms with Crippen LogP contribution in [0.5, 0.6) is 11.5 Å². The van der Waals surface area contributed by atoms with Gasteiger partial charge in [-0.25, -0.2) is 8.78 Å². The summed E-state index contributed by atoms with van der Waals surface area (Å²) in [6.07, 6.45) is 1.76. The molecule has 7 heteroatoms. The fraction of sp³-hybridized carbons (Fsp3) is 0.227. The molecule has 1 heterocycles. The molecule has 0 spiro atoms. The average molecular weight is 415 g/mol. The summed E-state index contributed by atoms with van der Waals surface area (Å²) < 4.78 is 34.5. The summed E-state index contributed by atoms with van der Waals surface area (Å²) in [6, 6.07) is 11.7. The molecule has 0 aliphatic carbocycles. The summed E-state index contributed by atoms with van der Waals surface area (Å²) in [4.78, 5) is 15.6. The van der Waals surface area contributed by atoms with Crippen LogP contribution >= 0.6 is 0 Å². The van der Waals surface area contributed by atoms with Gasteiger partial charge in [0.15, 0.2) is 11.6 Å². The first-order valence-electron chi connectivity index (χ1n) is 9.49. The van der Waals surface area contributed by atoms with Gasteiger partial charge >= 0.3 is 0 Å². The number of pyridine rings is 1. The van der Waals surface area contributed by atoms with Crippen LogP contribution in [0.4, 0.5) is 14.5 Å². The van der Waals surface area contributed by atoms with Gasteiger partial charge in [-0.05, 0) is 54.4 Å². The highest BCUT2D eigenvalue weighted by Gasteiger charge is 2.12. The van der Waals surface area contributed by atoms with Crippen LogP contribution < -0.4 is 15.3 Å². The van der Waals surface area contributed by atoms with Crippen molar-refractivity contribution in [2.75, 3.05) is 4.98 Å². The number of anilines is 1. The van der Waals surface area contributed by atoms with Gasteiger partial charge in [-0.1, -0.05) is 13.5 Å². The number of rotatable bonds is 6. The molecule has 0 bridgehead atoms. The van der Waals surface area contributed by atoms with Crippen LogP contribution in [0.15, 0.2) is 53.5 Å². The minimum absolute atomic E-state index is 0.0491. The van der Waals surface area contributed by atoms with Crippen LogP contribution in [0.2, 0.25) is 12.6 Å². The van der Waals surface area contributed by atoms with Crippen molar-refractivity contribution in [3.05, 3.63) is 76.2 Å². The Morgan fingerprint density at radius 2 is 1.86 bits per heavy atom. The zero-order chi connectivity index (χ0) is 21.1. The number of nitrogens with one attached hydrogen (secondary N) is 1. The Hall–Kier alpha value is -2.93. The molecule has 0 saturated carbocycles. The summed E-state index contributed by atoms with van der Waals surface area (Å²) in [5.74, 6) is -1.04. The highest BCUT2D eigenvalue weighted by molar-refractivity contribution is 6.60. The van der Waals surface area contributed by atoms with Crippen molar-refractivity contribution in [3.8, 4) is 22.6 Å². The lowest BCUT2D eigenvalue weighted by molar-refractivity contribution is 0.438. The zero-order valence-electron chi connectivity index (χ0n) is 16.9. The SMILES string of the molecule is CC[SiH](C)Nc1cc(Oc2ccc(F)cc2F)cc(-c2cc(C)c(=O)n(C)c2)c1. The van der Waals surface area contributed by atoms with Crippen molar-refractivity contribution in [1.29, 1.82) is 0 Å². The van der Waals surface area contributed by atoms with Crippen LogP contribution in [0.1, 0.15) is 12.5 Å². The minimum atomic E-state index is -1.16. The predicted octanol–water partition coefficient (Wildman–Crippen LogP) is 5.22. The maximum absolute atomic E-state index is 14.1. The molecule has 152 valence electrons. The predicted molar refractivity (Wildman–Crippen MR) is 115 cm³/mol. The molecule has 3 aromatic rings. The third kappa shape index (κ3) is 4.92. The second kappa shape index (κ2) is 8.61. The highest BCUT2D eigenvalue weighted by Crippen LogP contribution is 2.32. The van der Waals surface area contributed by atoms with Crippen LogP contribution in [0, 0.1) is 18.6 Å². The van der Waals surface area contributed by atoms with Gasteiger partial charge in [0.25, 0.3) is 5.56 Å². The quantitative estimate of drug-likeness (QED) is 0.563. The summed E-state index contributed by atoms with van der Waals surface area (Å²) in [6.45, 7) is 6.10. The van der Waals surface area contributed by atoms with Crippen molar-refractivity contribution >= 4 is 14.6 Å². The number of nitrogens with zero attached hydrogens (tertiary/aromatic N) is 1. The number of halogens is 2. The van der Waals surface area contributed by atoms with E-state index in [1.165, 1.54) is 10.6 Å². The van der Waals surface area contributed by atoms with Gasteiger partial charge in [-0.3, -0.25) is 4.79 Å². The smallest absolute Gasteiger partial charge is 0.253 e. The summed E-state index contributed by atoms with van der Waals surface area (Å²) in [5, 5.41) is 0. The Morgan fingerprint density at radius 1 is 1.10 bits per heavy atom. The van der Waals surface area contributed by atoms with E-state index in [9.17, 15) is 13.6 Å². The molecule has 1 unspecified atom stereocenters. The van der Waals surface area contributed by atoms with Crippen molar-refractivity contribution in [1.82, 2.24) is 4.57 Å². The first kappa shape index (κ1) is 20.8. The van der Waals surface area contributed by atoms with Gasteiger partial charge in [0.05, 0.1) is 0 Å². The molecule has 1 aromatic heterocycles. The lowest BCUT2D eigenvalue weighted by atomic mass is 10.0. The number of aryl methyl sites for hydroxylation is 2. The second-order valence-corrected chi connectivity index (χ2v) is 10.1. The topological polar surface area (TPSA) is 43.3 Å². The van der Waals surface area contributed by atoms with E-state index in [0.717, 1.165) is 35.0 Å². The van der Waals surface area contributed by atoms with Crippen LogP contribution in [-0.4, -0.2) is 13.5 Å². The molecule has 0 aliphatic rings. The maximum Gasteiger partial charge on any atom is 0.253 e. The van der Waals surface area contributed by atoms with Crippen molar-refractivity contribution in [2.24, 2.45) is 7.05 Å². The van der Waals surface area contributed by atoms with E-state index < -0.39 is 20.6 Å². The van der Waals surface area contributed by atoms with E-state index in [4.69, 9.17) is 4.74 Å². The van der Waals surface area contributed by atoms with E-state index in [1.807, 2.05) is 12.1 Å². The highest BCUT2D eigenvalue weighted by atomic mass is 28.3. The van der Waals surface area contributed by atoms with Gasteiger partial charge in [0.2, 0.25) is 0 Å². The Morgan fingerprint density at radius 3 is 2.52 bits per heavy atom. The fourth-order valence-electron chi connectivity index (χ4n) is 3.02. The summed E-state index contributed by atoms with van der Waals surface area (Å²) >= 11 is 0. The minimum Gasteiger partial charge on any atom is -0.454 e. The number of aromatic nitrogens is 1. The summed E-state index contributed by atoms with van der Waals surface area (Å²) in [7, 11) is 0.550. The van der Waals surface area contributed by atoms with Gasteiger partial charge < -0.3 is 14.3 Å². The molecule has 4 nitrogen and oxygen atoms in total. The van der Waals surface area contributed by atoms with Gasteiger partial charge in [-0.2, -0.15) is 0 Å². The molecule has 0 amide bonds. The number of hydrogen-bond acceptors (Lipinski definition) is 3. The first-order chi connectivity index (χ1) is 13.8. The largest absolute Gasteiger partial charge is 0.454 e. The standard InChI is InChI=1S/C22H24F2N2O2Si/c1-5-29(4)25-18-9-15(16-8-14(2)22(27)26(3)13-16)10-19(12-18)28-21-7-6-17(23)11-20(21)24/h6-13,25,29H,5H2,1-4H3. The molecule has 1 atom stereocenters. The monoisotopic (exact) mass is 414 g/mol. The Bertz CT molecular complexity index is 1070. The molecule has 2 aromatic carbocycles. The van der Waals surface area contributed by atoms with Crippen LogP contribution in [0.25, 0.3) is 11.1 Å². The van der Waals surface area contributed by atoms with Gasteiger partial charge in [0, 0.05) is 36.6 Å². The molecule has 0 fully saturated rings. The van der Waals surface area contributed by atoms with Crippen LogP contribution in [0.3, 0.4) is 0 Å². The normalized spacial score (nSPS) is 11.9. The van der Waals surface area contributed by atoms with E-state index in [2.05, 4.69) is 18.5 Å². The maximum atomic E-state index is 14.1. The molecule has 0 radical (unpaired) electrons. The van der Waals surface area contributed by atoms with Crippen molar-refractivity contribution < 1.29 is 13.5 Å². The Kier molecular flexibility index (Phi) is 6.17. The van der Waals surface area contributed by atoms with Gasteiger partial charge in [0.1, 0.15) is 20.5 Å². The Labute approximate surface area is 170 Å². The number of ether oxygens (including phenoxy) is 1. The number of hydrogen-bond donors (Lipinski definition) is 1. The van der Waals surface area contributed by atoms with E-state index >= 15 is 0 Å². The number of benzene rings is 2. The third-order valence-corrected chi connectivity index (χ3v) is 6.80. The molecular weight excluding hydrogens is 390 g/mol. The lowest BCUT2D eigenvalue weighted by Crippen LogP contribution is -2.19. The molecule has 0 aliphatic heterocycles. The second-order valence-electron chi connectivity index (χ2n) is 7.20. The average Bonchev–Trinajstić information content (AvgIpc) is 2.67. The molecule has 3 rings (SSSR count). The first-order valence-corrected chi connectivity index (χ1v) is 12.0. The Balaban J connectivity index is 2.07. The summed E-state index contributed by atoms with van der Waals surface area (Å²) in [5.41, 5.74) is 3.13. The van der Waals surface area contributed by atoms with Gasteiger partial charge in [-0.15, -0.1) is 0 Å². The van der Waals surface area contributed by atoms with Crippen molar-refractivity contribution in [3.63, 3.8) is 0 Å². The molecular formula is C22H24F2N2O2Si. The zero-order valence-corrected chi connectivity index (χ0v) is 18.1. The fourth-order valence-corrected chi connectivity index (χ4v) is 3.95. The van der Waals surface area contributed by atoms with E-state index in [-0.39, 0.29) is 11.3 Å².